The van der Waals surface area contributed by atoms with Crippen LogP contribution in [0.15, 0.2) is 40.5 Å². The first-order chi connectivity index (χ1) is 14.4. The van der Waals surface area contributed by atoms with E-state index in [0.717, 1.165) is 11.8 Å². The standard InChI is InChI=1S/C21H22N2O6S/c1-5-29-21(26)17-12(2)23-19(30-11-16(24)27-3)15(10-22)18(17)13-6-8-14(9-7-13)20(25)28-4/h6-9,15,18H,5,11H2,1-4H3. The van der Waals surface area contributed by atoms with Gasteiger partial charge >= 0.3 is 17.9 Å². The number of benzene rings is 1. The smallest absolute Gasteiger partial charge is 0.337 e. The molecular formula is C21H22N2O6S. The topological polar surface area (TPSA) is 115 Å². The van der Waals surface area contributed by atoms with Crippen LogP contribution >= 0.6 is 11.8 Å². The summed E-state index contributed by atoms with van der Waals surface area (Å²) in [5.74, 6) is -2.99. The van der Waals surface area contributed by atoms with Gasteiger partial charge in [-0.15, -0.1) is 0 Å². The number of carbonyl (C=O) groups is 3. The number of aliphatic imine (C=N–C) groups is 1. The lowest BCUT2D eigenvalue weighted by Gasteiger charge is -2.29. The molecule has 8 nitrogen and oxygen atoms in total. The summed E-state index contributed by atoms with van der Waals surface area (Å²) in [4.78, 5) is 40.4. The molecule has 9 heteroatoms. The molecule has 158 valence electrons. The molecule has 1 heterocycles. The van der Waals surface area contributed by atoms with Gasteiger partial charge in [-0.1, -0.05) is 23.9 Å². The molecule has 2 unspecified atom stereocenters. The van der Waals surface area contributed by atoms with Crippen LogP contribution in [-0.2, 0) is 23.8 Å². The Morgan fingerprint density at radius 2 is 1.80 bits per heavy atom. The SMILES string of the molecule is CCOC(=O)C1=C(C)N=C(SCC(=O)OC)C(C#N)C1c1ccc(C(=O)OC)cc1. The van der Waals surface area contributed by atoms with Gasteiger partial charge in [0.25, 0.3) is 0 Å². The molecule has 1 aliphatic rings. The Hall–Kier alpha value is -3.12. The van der Waals surface area contributed by atoms with Crippen molar-refractivity contribution < 1.29 is 28.6 Å². The van der Waals surface area contributed by atoms with Crippen molar-refractivity contribution >= 4 is 34.7 Å². The zero-order chi connectivity index (χ0) is 22.3. The number of hydrogen-bond donors (Lipinski definition) is 0. The van der Waals surface area contributed by atoms with Crippen molar-refractivity contribution in [3.63, 3.8) is 0 Å². The van der Waals surface area contributed by atoms with E-state index in [9.17, 15) is 19.6 Å². The third kappa shape index (κ3) is 5.07. The summed E-state index contributed by atoms with van der Waals surface area (Å²) in [5, 5.41) is 10.3. The Kier molecular flexibility index (Phi) is 8.18. The molecule has 0 N–H and O–H groups in total. The van der Waals surface area contributed by atoms with Crippen molar-refractivity contribution in [2.45, 2.75) is 19.8 Å². The van der Waals surface area contributed by atoms with Crippen LogP contribution in [0.25, 0.3) is 0 Å². The molecule has 0 fully saturated rings. The summed E-state index contributed by atoms with van der Waals surface area (Å²) < 4.78 is 14.6. The second-order valence-corrected chi connectivity index (χ2v) is 7.23. The Labute approximate surface area is 178 Å². The molecule has 0 spiro atoms. The Morgan fingerprint density at radius 3 is 2.33 bits per heavy atom. The highest BCUT2D eigenvalue weighted by molar-refractivity contribution is 8.14. The maximum atomic E-state index is 12.7. The number of esters is 3. The summed E-state index contributed by atoms with van der Waals surface area (Å²) in [5.41, 5.74) is 1.67. The number of nitrogens with zero attached hydrogens (tertiary/aromatic N) is 2. The fourth-order valence-corrected chi connectivity index (χ4v) is 4.01. The van der Waals surface area contributed by atoms with Gasteiger partial charge in [0.15, 0.2) is 0 Å². The molecule has 0 aliphatic carbocycles. The highest BCUT2D eigenvalue weighted by atomic mass is 32.2. The zero-order valence-corrected chi connectivity index (χ0v) is 17.9. The van der Waals surface area contributed by atoms with Gasteiger partial charge < -0.3 is 14.2 Å². The number of thioether (sulfide) groups is 1. The molecule has 0 saturated heterocycles. The predicted molar refractivity (Wildman–Crippen MR) is 111 cm³/mol. The monoisotopic (exact) mass is 430 g/mol. The molecule has 1 aromatic carbocycles. The molecule has 0 saturated carbocycles. The summed E-state index contributed by atoms with van der Waals surface area (Å²) in [6.45, 7) is 3.53. The minimum absolute atomic E-state index is 0.0104. The maximum absolute atomic E-state index is 12.7. The van der Waals surface area contributed by atoms with Crippen LogP contribution in [0, 0.1) is 17.2 Å². The van der Waals surface area contributed by atoms with E-state index in [1.807, 2.05) is 0 Å². The quantitative estimate of drug-likeness (QED) is 0.500. The summed E-state index contributed by atoms with van der Waals surface area (Å²) in [7, 11) is 2.57. The van der Waals surface area contributed by atoms with Gasteiger partial charge in [0.1, 0.15) is 5.92 Å². The summed E-state index contributed by atoms with van der Waals surface area (Å²) in [6.07, 6.45) is 0. The van der Waals surface area contributed by atoms with Gasteiger partial charge in [-0.2, -0.15) is 5.26 Å². The van der Waals surface area contributed by atoms with Gasteiger partial charge in [-0.3, -0.25) is 4.79 Å². The van der Waals surface area contributed by atoms with Crippen molar-refractivity contribution in [3.8, 4) is 6.07 Å². The molecule has 0 radical (unpaired) electrons. The molecule has 30 heavy (non-hydrogen) atoms. The number of rotatable bonds is 6. The number of ether oxygens (including phenoxy) is 3. The van der Waals surface area contributed by atoms with Crippen LogP contribution in [0.3, 0.4) is 0 Å². The third-order valence-electron chi connectivity index (χ3n) is 4.47. The molecule has 2 rings (SSSR count). The number of nitriles is 1. The number of hydrogen-bond acceptors (Lipinski definition) is 9. The average molecular weight is 430 g/mol. The predicted octanol–water partition coefficient (Wildman–Crippen LogP) is 2.85. The highest BCUT2D eigenvalue weighted by Crippen LogP contribution is 2.41. The summed E-state index contributed by atoms with van der Waals surface area (Å²) in [6, 6.07) is 8.68. The van der Waals surface area contributed by atoms with E-state index in [-0.39, 0.29) is 17.9 Å². The minimum Gasteiger partial charge on any atom is -0.468 e. The van der Waals surface area contributed by atoms with Gasteiger partial charge in [0.2, 0.25) is 0 Å². The second-order valence-electron chi connectivity index (χ2n) is 6.23. The molecule has 1 aromatic rings. The number of allylic oxidation sites excluding steroid dienone is 1. The van der Waals surface area contributed by atoms with Crippen LogP contribution in [0.2, 0.25) is 0 Å². The largest absolute Gasteiger partial charge is 0.468 e. The van der Waals surface area contributed by atoms with Crippen LogP contribution in [0.1, 0.15) is 35.7 Å². The van der Waals surface area contributed by atoms with Crippen LogP contribution < -0.4 is 0 Å². The Bertz CT molecular complexity index is 930. The molecular weight excluding hydrogens is 408 g/mol. The molecule has 1 aliphatic heterocycles. The van der Waals surface area contributed by atoms with Crippen molar-refractivity contribution in [2.24, 2.45) is 10.9 Å². The molecule has 2 atom stereocenters. The molecule has 0 bridgehead atoms. The minimum atomic E-state index is -0.813. The molecule has 0 aromatic heterocycles. The zero-order valence-electron chi connectivity index (χ0n) is 17.1. The molecule has 0 amide bonds. The highest BCUT2D eigenvalue weighted by Gasteiger charge is 2.39. The van der Waals surface area contributed by atoms with E-state index in [0.29, 0.717) is 21.9 Å². The normalized spacial score (nSPS) is 18.2. The first kappa shape index (κ1) is 23.2. The second kappa shape index (κ2) is 10.6. The third-order valence-corrected chi connectivity index (χ3v) is 5.49. The Morgan fingerprint density at radius 1 is 1.13 bits per heavy atom. The average Bonchev–Trinajstić information content (AvgIpc) is 2.76. The van der Waals surface area contributed by atoms with Crippen LogP contribution in [-0.4, -0.2) is 49.5 Å². The fraction of sp³-hybridized carbons (Fsp3) is 0.381. The lowest BCUT2D eigenvalue weighted by atomic mass is 9.79. The van der Waals surface area contributed by atoms with Gasteiger partial charge in [-0.25, -0.2) is 14.6 Å². The van der Waals surface area contributed by atoms with Gasteiger partial charge in [0.05, 0.1) is 48.8 Å². The van der Waals surface area contributed by atoms with Crippen molar-refractivity contribution in [1.82, 2.24) is 0 Å². The first-order valence-corrected chi connectivity index (χ1v) is 10.1. The Balaban J connectivity index is 2.53. The number of methoxy groups -OCH3 is 2. The van der Waals surface area contributed by atoms with E-state index >= 15 is 0 Å². The maximum Gasteiger partial charge on any atom is 0.337 e. The van der Waals surface area contributed by atoms with E-state index in [1.165, 1.54) is 14.2 Å². The van der Waals surface area contributed by atoms with Gasteiger partial charge in [0, 0.05) is 11.6 Å². The van der Waals surface area contributed by atoms with E-state index in [2.05, 4.69) is 15.8 Å². The van der Waals surface area contributed by atoms with Crippen molar-refractivity contribution in [2.75, 3.05) is 26.6 Å². The van der Waals surface area contributed by atoms with E-state index in [1.54, 1.807) is 38.1 Å². The van der Waals surface area contributed by atoms with Crippen LogP contribution in [0.4, 0.5) is 0 Å². The summed E-state index contributed by atoms with van der Waals surface area (Å²) >= 11 is 1.10. The van der Waals surface area contributed by atoms with Crippen LogP contribution in [0.5, 0.6) is 0 Å². The lowest BCUT2D eigenvalue weighted by molar-refractivity contribution is -0.139. The van der Waals surface area contributed by atoms with Crippen molar-refractivity contribution in [1.29, 1.82) is 5.26 Å². The van der Waals surface area contributed by atoms with Crippen molar-refractivity contribution in [3.05, 3.63) is 46.7 Å². The van der Waals surface area contributed by atoms with Gasteiger partial charge in [-0.05, 0) is 31.5 Å². The fourth-order valence-electron chi connectivity index (χ4n) is 3.06. The lowest BCUT2D eigenvalue weighted by Crippen LogP contribution is -2.30. The first-order valence-electron chi connectivity index (χ1n) is 9.11. The number of carbonyl (C=O) groups excluding carboxylic acids is 3. The van der Waals surface area contributed by atoms with E-state index in [4.69, 9.17) is 9.47 Å². The van der Waals surface area contributed by atoms with E-state index < -0.39 is 29.7 Å².